The molecule has 0 aromatic heterocycles. The number of halogens is 2. The molecular formula is C22H25ClFN3O2. The molecule has 1 unspecified atom stereocenters. The van der Waals surface area contributed by atoms with Crippen LogP contribution in [-0.4, -0.2) is 29.8 Å². The zero-order valence-corrected chi connectivity index (χ0v) is 17.2. The fourth-order valence-corrected chi connectivity index (χ4v) is 3.88. The summed E-state index contributed by atoms with van der Waals surface area (Å²) in [4.78, 5) is 26.7. The standard InChI is InChI=1S/C22H24FN3O2.ClH/c1-14-2-4-15(5-3-14)12-26-13-17(10-20(26)27)22(28)25-19-7-6-16-11-24-9-8-18(16)21(19)23;/h2-7,17,24H,8-13H2,1H3,(H,25,28);1H. The van der Waals surface area contributed by atoms with Crippen molar-refractivity contribution >= 4 is 29.9 Å². The Kier molecular flexibility index (Phi) is 6.55. The summed E-state index contributed by atoms with van der Waals surface area (Å²) >= 11 is 0. The van der Waals surface area contributed by atoms with E-state index in [0.717, 1.165) is 23.2 Å². The molecule has 2 amide bonds. The molecule has 2 heterocycles. The van der Waals surface area contributed by atoms with Crippen LogP contribution in [0, 0.1) is 18.7 Å². The van der Waals surface area contributed by atoms with Gasteiger partial charge < -0.3 is 15.5 Å². The van der Waals surface area contributed by atoms with Gasteiger partial charge in [-0.2, -0.15) is 0 Å². The van der Waals surface area contributed by atoms with E-state index in [0.29, 0.717) is 31.6 Å². The Morgan fingerprint density at radius 2 is 2.00 bits per heavy atom. The summed E-state index contributed by atoms with van der Waals surface area (Å²) in [5.41, 5.74) is 4.00. The molecule has 1 atom stereocenters. The largest absolute Gasteiger partial charge is 0.338 e. The maximum Gasteiger partial charge on any atom is 0.229 e. The molecule has 2 N–H and O–H groups in total. The number of nitrogens with one attached hydrogen (secondary N) is 2. The third kappa shape index (κ3) is 4.60. The molecule has 29 heavy (non-hydrogen) atoms. The number of carbonyl (C=O) groups excluding carboxylic acids is 2. The highest BCUT2D eigenvalue weighted by Crippen LogP contribution is 2.27. The molecule has 2 aromatic carbocycles. The Bertz CT molecular complexity index is 917. The summed E-state index contributed by atoms with van der Waals surface area (Å²) in [5.74, 6) is -1.16. The van der Waals surface area contributed by atoms with Gasteiger partial charge in [-0.1, -0.05) is 35.9 Å². The topological polar surface area (TPSA) is 61.4 Å². The van der Waals surface area contributed by atoms with Crippen molar-refractivity contribution in [2.24, 2.45) is 5.92 Å². The Balaban J connectivity index is 0.00000240. The highest BCUT2D eigenvalue weighted by molar-refractivity contribution is 5.97. The fourth-order valence-electron chi connectivity index (χ4n) is 3.88. The lowest BCUT2D eigenvalue weighted by Gasteiger charge is -2.20. The van der Waals surface area contributed by atoms with E-state index in [9.17, 15) is 14.0 Å². The van der Waals surface area contributed by atoms with Crippen molar-refractivity contribution in [3.63, 3.8) is 0 Å². The highest BCUT2D eigenvalue weighted by Gasteiger charge is 2.34. The number of hydrogen-bond donors (Lipinski definition) is 2. The van der Waals surface area contributed by atoms with Crippen LogP contribution in [0.3, 0.4) is 0 Å². The maximum atomic E-state index is 14.8. The van der Waals surface area contributed by atoms with E-state index >= 15 is 0 Å². The number of anilines is 1. The number of carbonyl (C=O) groups is 2. The van der Waals surface area contributed by atoms with E-state index in [1.165, 1.54) is 0 Å². The van der Waals surface area contributed by atoms with Crippen molar-refractivity contribution in [2.75, 3.05) is 18.4 Å². The van der Waals surface area contributed by atoms with Crippen molar-refractivity contribution in [2.45, 2.75) is 32.9 Å². The van der Waals surface area contributed by atoms with Crippen LogP contribution in [0.2, 0.25) is 0 Å². The lowest BCUT2D eigenvalue weighted by Crippen LogP contribution is -2.29. The Morgan fingerprint density at radius 3 is 2.76 bits per heavy atom. The average Bonchev–Trinajstić information content (AvgIpc) is 3.06. The van der Waals surface area contributed by atoms with E-state index in [1.54, 1.807) is 11.0 Å². The van der Waals surface area contributed by atoms with Crippen LogP contribution in [0.4, 0.5) is 10.1 Å². The molecule has 154 valence electrons. The van der Waals surface area contributed by atoms with E-state index in [-0.39, 0.29) is 42.1 Å². The van der Waals surface area contributed by atoms with Gasteiger partial charge in [0.2, 0.25) is 11.8 Å². The third-order valence-electron chi connectivity index (χ3n) is 5.54. The molecule has 0 aliphatic carbocycles. The predicted molar refractivity (Wildman–Crippen MR) is 112 cm³/mol. The predicted octanol–water partition coefficient (Wildman–Crippen LogP) is 3.19. The van der Waals surface area contributed by atoms with E-state index in [4.69, 9.17) is 0 Å². The van der Waals surface area contributed by atoms with Crippen LogP contribution >= 0.6 is 12.4 Å². The van der Waals surface area contributed by atoms with Crippen LogP contribution in [0.15, 0.2) is 36.4 Å². The number of likely N-dealkylation sites (tertiary alicyclic amines) is 1. The molecular weight excluding hydrogens is 393 g/mol. The molecule has 7 heteroatoms. The van der Waals surface area contributed by atoms with Gasteiger partial charge in [0.25, 0.3) is 0 Å². The Labute approximate surface area is 176 Å². The molecule has 1 saturated heterocycles. The van der Waals surface area contributed by atoms with Gasteiger partial charge in [0, 0.05) is 26.1 Å². The second-order valence-electron chi connectivity index (χ2n) is 7.64. The Morgan fingerprint density at radius 1 is 1.24 bits per heavy atom. The fraction of sp³-hybridized carbons (Fsp3) is 0.364. The maximum absolute atomic E-state index is 14.8. The van der Waals surface area contributed by atoms with Crippen LogP contribution in [0.25, 0.3) is 0 Å². The highest BCUT2D eigenvalue weighted by atomic mass is 35.5. The smallest absolute Gasteiger partial charge is 0.229 e. The monoisotopic (exact) mass is 417 g/mol. The van der Waals surface area contributed by atoms with Crippen LogP contribution in [0.5, 0.6) is 0 Å². The second kappa shape index (κ2) is 8.93. The summed E-state index contributed by atoms with van der Waals surface area (Å²) in [7, 11) is 0. The summed E-state index contributed by atoms with van der Waals surface area (Å²) in [5, 5.41) is 5.91. The number of hydrogen-bond acceptors (Lipinski definition) is 3. The first-order chi connectivity index (χ1) is 13.5. The van der Waals surface area contributed by atoms with Crippen LogP contribution < -0.4 is 10.6 Å². The molecule has 0 radical (unpaired) electrons. The van der Waals surface area contributed by atoms with Gasteiger partial charge in [0.05, 0.1) is 11.6 Å². The lowest BCUT2D eigenvalue weighted by atomic mass is 9.99. The number of benzene rings is 2. The second-order valence-corrected chi connectivity index (χ2v) is 7.64. The van der Waals surface area contributed by atoms with Gasteiger partial charge in [-0.3, -0.25) is 9.59 Å². The van der Waals surface area contributed by atoms with Crippen LogP contribution in [-0.2, 0) is 29.1 Å². The minimum Gasteiger partial charge on any atom is -0.338 e. The molecule has 0 saturated carbocycles. The summed E-state index contributed by atoms with van der Waals surface area (Å²) in [6.45, 7) is 4.23. The van der Waals surface area contributed by atoms with Crippen molar-refractivity contribution in [1.29, 1.82) is 0 Å². The zero-order chi connectivity index (χ0) is 19.7. The average molecular weight is 418 g/mol. The van der Waals surface area contributed by atoms with Gasteiger partial charge in [-0.25, -0.2) is 4.39 Å². The Hall–Kier alpha value is -2.44. The lowest BCUT2D eigenvalue weighted by molar-refractivity contribution is -0.128. The van der Waals surface area contributed by atoms with Gasteiger partial charge in [0.15, 0.2) is 0 Å². The molecule has 0 spiro atoms. The molecule has 0 bridgehead atoms. The van der Waals surface area contributed by atoms with Gasteiger partial charge in [-0.15, -0.1) is 12.4 Å². The SMILES string of the molecule is Cc1ccc(CN2CC(C(=O)Nc3ccc4c(c3F)CCNC4)CC2=O)cc1.Cl. The molecule has 2 aliphatic rings. The van der Waals surface area contributed by atoms with Gasteiger partial charge in [-0.05, 0) is 42.6 Å². The van der Waals surface area contributed by atoms with Crippen molar-refractivity contribution in [3.05, 3.63) is 64.5 Å². The minimum absolute atomic E-state index is 0. The summed E-state index contributed by atoms with van der Waals surface area (Å²) in [6.07, 6.45) is 0.769. The third-order valence-corrected chi connectivity index (χ3v) is 5.54. The van der Waals surface area contributed by atoms with E-state index in [1.807, 2.05) is 37.3 Å². The van der Waals surface area contributed by atoms with Crippen LogP contribution in [0.1, 0.15) is 28.7 Å². The number of aryl methyl sites for hydroxylation is 1. The first-order valence-electron chi connectivity index (χ1n) is 9.66. The normalized spacial score (nSPS) is 18.2. The minimum atomic E-state index is -0.463. The first-order valence-corrected chi connectivity index (χ1v) is 9.66. The molecule has 2 aromatic rings. The number of fused-ring (bicyclic) bond motifs is 1. The number of rotatable bonds is 4. The summed E-state index contributed by atoms with van der Waals surface area (Å²) < 4.78 is 14.8. The molecule has 2 aliphatic heterocycles. The van der Waals surface area contributed by atoms with E-state index < -0.39 is 5.92 Å². The summed E-state index contributed by atoms with van der Waals surface area (Å²) in [6, 6.07) is 11.5. The van der Waals surface area contributed by atoms with Crippen molar-refractivity contribution in [1.82, 2.24) is 10.2 Å². The molecule has 5 nitrogen and oxygen atoms in total. The molecule has 4 rings (SSSR count). The van der Waals surface area contributed by atoms with Gasteiger partial charge in [0.1, 0.15) is 5.82 Å². The van der Waals surface area contributed by atoms with Gasteiger partial charge >= 0.3 is 0 Å². The van der Waals surface area contributed by atoms with Crippen molar-refractivity contribution in [3.8, 4) is 0 Å². The number of nitrogens with zero attached hydrogens (tertiary/aromatic N) is 1. The van der Waals surface area contributed by atoms with Crippen molar-refractivity contribution < 1.29 is 14.0 Å². The van der Waals surface area contributed by atoms with E-state index in [2.05, 4.69) is 10.6 Å². The quantitative estimate of drug-likeness (QED) is 0.803. The first kappa shape index (κ1) is 21.3. The molecule has 1 fully saturated rings. The zero-order valence-electron chi connectivity index (χ0n) is 16.3. The number of amides is 2.